The molecule has 7 nitrogen and oxygen atoms in total. The number of benzene rings is 1. The maximum atomic E-state index is 11.9. The topological polar surface area (TPSA) is 88.7 Å². The van der Waals surface area contributed by atoms with Gasteiger partial charge < -0.3 is 25.4 Å². The number of rotatable bonds is 7. The number of carbonyl (C=O) groups is 2. The van der Waals surface area contributed by atoms with E-state index in [0.717, 1.165) is 5.56 Å². The highest BCUT2D eigenvalue weighted by atomic mass is 16.5. The molecule has 3 N–H and O–H groups in total. The third kappa shape index (κ3) is 4.35. The molecule has 0 bridgehead atoms. The third-order valence-electron chi connectivity index (χ3n) is 3.06. The Hall–Kier alpha value is -2.28. The Balaban J connectivity index is 1.87. The van der Waals surface area contributed by atoms with E-state index in [4.69, 9.17) is 9.47 Å². The molecule has 1 fully saturated rings. The average Bonchev–Trinajstić information content (AvgIpc) is 2.93. The number of para-hydroxylation sites is 1. The van der Waals surface area contributed by atoms with Gasteiger partial charge in [0.2, 0.25) is 5.91 Å². The van der Waals surface area contributed by atoms with E-state index in [0.29, 0.717) is 32.1 Å². The summed E-state index contributed by atoms with van der Waals surface area (Å²) >= 11 is 0. The highest BCUT2D eigenvalue weighted by molar-refractivity contribution is 5.90. The summed E-state index contributed by atoms with van der Waals surface area (Å²) < 4.78 is 10.5. The third-order valence-corrected chi connectivity index (χ3v) is 3.06. The largest absolute Gasteiger partial charge is 0.491 e. The Bertz CT molecular complexity index is 507. The van der Waals surface area contributed by atoms with Crippen LogP contribution in [0.15, 0.2) is 24.3 Å². The lowest BCUT2D eigenvalue weighted by atomic mass is 10.2. The predicted molar refractivity (Wildman–Crippen MR) is 76.0 cm³/mol. The monoisotopic (exact) mass is 293 g/mol. The first-order valence-corrected chi connectivity index (χ1v) is 6.72. The standard InChI is InChI=1S/C14H19N3O4/c1-20-6-7-21-12-5-3-2-4-10(12)8-15-13(18)11-9-16-14(19)17-11/h2-5,11H,6-9H2,1H3,(H,15,18)(H2,16,17,19)/t11-/m1/s1. The van der Waals surface area contributed by atoms with Crippen molar-refractivity contribution in [2.24, 2.45) is 0 Å². The quantitative estimate of drug-likeness (QED) is 0.618. The van der Waals surface area contributed by atoms with Crippen LogP contribution >= 0.6 is 0 Å². The summed E-state index contributed by atoms with van der Waals surface area (Å²) in [5.74, 6) is 0.489. The molecule has 3 amide bonds. The van der Waals surface area contributed by atoms with Gasteiger partial charge in [-0.15, -0.1) is 0 Å². The van der Waals surface area contributed by atoms with E-state index in [1.54, 1.807) is 7.11 Å². The highest BCUT2D eigenvalue weighted by Crippen LogP contribution is 2.17. The van der Waals surface area contributed by atoms with E-state index in [-0.39, 0.29) is 11.9 Å². The van der Waals surface area contributed by atoms with Crippen LogP contribution in [0.1, 0.15) is 5.56 Å². The van der Waals surface area contributed by atoms with Crippen LogP contribution < -0.4 is 20.7 Å². The molecule has 21 heavy (non-hydrogen) atoms. The Kier molecular flexibility index (Phi) is 5.39. The molecule has 1 aromatic carbocycles. The second kappa shape index (κ2) is 7.49. The Morgan fingerprint density at radius 1 is 1.38 bits per heavy atom. The van der Waals surface area contributed by atoms with Crippen molar-refractivity contribution >= 4 is 11.9 Å². The fourth-order valence-corrected chi connectivity index (χ4v) is 1.94. The molecular weight excluding hydrogens is 274 g/mol. The fraction of sp³-hybridized carbons (Fsp3) is 0.429. The molecule has 1 aliphatic rings. The summed E-state index contributed by atoms with van der Waals surface area (Å²) in [4.78, 5) is 22.9. The molecule has 0 spiro atoms. The van der Waals surface area contributed by atoms with Crippen LogP contribution in [-0.2, 0) is 16.1 Å². The van der Waals surface area contributed by atoms with Crippen LogP contribution in [-0.4, -0.2) is 44.8 Å². The zero-order chi connectivity index (χ0) is 15.1. The number of hydrogen-bond acceptors (Lipinski definition) is 4. The minimum atomic E-state index is -0.529. The van der Waals surface area contributed by atoms with Gasteiger partial charge in [0.15, 0.2) is 0 Å². The molecule has 114 valence electrons. The molecule has 0 aromatic heterocycles. The zero-order valence-electron chi connectivity index (χ0n) is 11.8. The first-order chi connectivity index (χ1) is 10.2. The zero-order valence-corrected chi connectivity index (χ0v) is 11.8. The van der Waals surface area contributed by atoms with Crippen molar-refractivity contribution in [2.45, 2.75) is 12.6 Å². The molecular formula is C14H19N3O4. The molecule has 1 heterocycles. The summed E-state index contributed by atoms with van der Waals surface area (Å²) in [5.41, 5.74) is 0.874. The lowest BCUT2D eigenvalue weighted by molar-refractivity contribution is -0.122. The molecule has 0 radical (unpaired) electrons. The molecule has 1 aliphatic heterocycles. The van der Waals surface area contributed by atoms with Crippen LogP contribution in [0.3, 0.4) is 0 Å². The van der Waals surface area contributed by atoms with Crippen molar-refractivity contribution in [1.82, 2.24) is 16.0 Å². The van der Waals surface area contributed by atoms with Crippen molar-refractivity contribution in [3.63, 3.8) is 0 Å². The number of hydrogen-bond donors (Lipinski definition) is 3. The van der Waals surface area contributed by atoms with Gasteiger partial charge in [-0.05, 0) is 6.07 Å². The number of ether oxygens (including phenoxy) is 2. The van der Waals surface area contributed by atoms with E-state index >= 15 is 0 Å². The van der Waals surface area contributed by atoms with Crippen LogP contribution in [0.25, 0.3) is 0 Å². The minimum Gasteiger partial charge on any atom is -0.491 e. The van der Waals surface area contributed by atoms with Gasteiger partial charge in [0.1, 0.15) is 18.4 Å². The Labute approximate surface area is 123 Å². The fourth-order valence-electron chi connectivity index (χ4n) is 1.94. The summed E-state index contributed by atoms with van der Waals surface area (Å²) in [6, 6.07) is 6.62. The van der Waals surface area contributed by atoms with Crippen molar-refractivity contribution in [3.8, 4) is 5.75 Å². The molecule has 1 saturated heterocycles. The van der Waals surface area contributed by atoms with E-state index in [9.17, 15) is 9.59 Å². The van der Waals surface area contributed by atoms with Gasteiger partial charge in [-0.1, -0.05) is 18.2 Å². The van der Waals surface area contributed by atoms with Crippen LogP contribution in [0.4, 0.5) is 4.79 Å². The van der Waals surface area contributed by atoms with E-state index in [1.165, 1.54) is 0 Å². The van der Waals surface area contributed by atoms with Gasteiger partial charge in [-0.25, -0.2) is 4.79 Å². The number of methoxy groups -OCH3 is 1. The van der Waals surface area contributed by atoms with Crippen molar-refractivity contribution in [3.05, 3.63) is 29.8 Å². The molecule has 1 atom stereocenters. The predicted octanol–water partition coefficient (Wildman–Crippen LogP) is 0.00940. The molecule has 0 aliphatic carbocycles. The van der Waals surface area contributed by atoms with Gasteiger partial charge in [0, 0.05) is 25.8 Å². The number of amides is 3. The van der Waals surface area contributed by atoms with Gasteiger partial charge in [-0.2, -0.15) is 0 Å². The van der Waals surface area contributed by atoms with Gasteiger partial charge >= 0.3 is 6.03 Å². The van der Waals surface area contributed by atoms with E-state index in [1.807, 2.05) is 24.3 Å². The molecule has 1 aromatic rings. The number of urea groups is 1. The molecule has 0 saturated carbocycles. The number of carbonyl (C=O) groups excluding carboxylic acids is 2. The maximum absolute atomic E-state index is 11.9. The minimum absolute atomic E-state index is 0.222. The van der Waals surface area contributed by atoms with E-state index < -0.39 is 6.04 Å². The first-order valence-electron chi connectivity index (χ1n) is 6.72. The Morgan fingerprint density at radius 2 is 2.19 bits per heavy atom. The van der Waals surface area contributed by atoms with Crippen LogP contribution in [0.2, 0.25) is 0 Å². The summed E-state index contributed by atoms with van der Waals surface area (Å²) in [5, 5.41) is 7.87. The second-order valence-electron chi connectivity index (χ2n) is 4.57. The lowest BCUT2D eigenvalue weighted by Gasteiger charge is -2.13. The smallest absolute Gasteiger partial charge is 0.315 e. The average molecular weight is 293 g/mol. The van der Waals surface area contributed by atoms with Crippen molar-refractivity contribution < 1.29 is 19.1 Å². The summed E-state index contributed by atoms with van der Waals surface area (Å²) in [6.07, 6.45) is 0. The molecule has 2 rings (SSSR count). The lowest BCUT2D eigenvalue weighted by Crippen LogP contribution is -2.42. The van der Waals surface area contributed by atoms with Gasteiger partial charge in [-0.3, -0.25) is 4.79 Å². The van der Waals surface area contributed by atoms with Crippen molar-refractivity contribution in [2.75, 3.05) is 26.9 Å². The maximum Gasteiger partial charge on any atom is 0.315 e. The second-order valence-corrected chi connectivity index (χ2v) is 4.57. The molecule has 7 heteroatoms. The molecule has 0 unspecified atom stereocenters. The van der Waals surface area contributed by atoms with Gasteiger partial charge in [0.05, 0.1) is 6.61 Å². The van der Waals surface area contributed by atoms with E-state index in [2.05, 4.69) is 16.0 Å². The normalized spacial score (nSPS) is 17.0. The number of nitrogens with one attached hydrogen (secondary N) is 3. The SMILES string of the molecule is COCCOc1ccccc1CNC(=O)[C@H]1CNC(=O)N1. The van der Waals surface area contributed by atoms with Gasteiger partial charge in [0.25, 0.3) is 0 Å². The summed E-state index contributed by atoms with van der Waals surface area (Å²) in [6.45, 7) is 1.59. The van der Waals surface area contributed by atoms with Crippen molar-refractivity contribution in [1.29, 1.82) is 0 Å². The highest BCUT2D eigenvalue weighted by Gasteiger charge is 2.26. The Morgan fingerprint density at radius 3 is 2.90 bits per heavy atom. The summed E-state index contributed by atoms with van der Waals surface area (Å²) in [7, 11) is 1.61. The first kappa shape index (κ1) is 15.1. The van der Waals surface area contributed by atoms with Crippen LogP contribution in [0, 0.1) is 0 Å². The van der Waals surface area contributed by atoms with Crippen LogP contribution in [0.5, 0.6) is 5.75 Å².